The van der Waals surface area contributed by atoms with Crippen LogP contribution in [-0.4, -0.2) is 29.7 Å². The van der Waals surface area contributed by atoms with Crippen molar-refractivity contribution in [2.75, 3.05) is 6.54 Å². The van der Waals surface area contributed by atoms with Gasteiger partial charge in [-0.3, -0.25) is 4.79 Å². The van der Waals surface area contributed by atoms with Crippen molar-refractivity contribution in [3.63, 3.8) is 0 Å². The second-order valence-corrected chi connectivity index (χ2v) is 8.97. The van der Waals surface area contributed by atoms with Gasteiger partial charge in [0, 0.05) is 13.0 Å². The van der Waals surface area contributed by atoms with Gasteiger partial charge in [0.2, 0.25) is 5.91 Å². The number of hydrogen-bond donors (Lipinski definition) is 0. The molecule has 0 spiro atoms. The summed E-state index contributed by atoms with van der Waals surface area (Å²) >= 11 is 0. The van der Waals surface area contributed by atoms with Crippen molar-refractivity contribution in [3.05, 3.63) is 0 Å². The van der Waals surface area contributed by atoms with E-state index in [0.717, 1.165) is 19.3 Å². The van der Waals surface area contributed by atoms with Gasteiger partial charge in [-0.2, -0.15) is 0 Å². The number of likely N-dealkylation sites (tertiary alicyclic amines) is 1. The van der Waals surface area contributed by atoms with E-state index in [4.69, 9.17) is 0 Å². The largest absolute Gasteiger partial charge is 0.333 e. The number of unbranched alkanes of at least 4 members (excludes halogenated alkanes) is 12. The molecule has 3 nitrogen and oxygen atoms in total. The molecule has 3 heteroatoms. The molecule has 0 radical (unpaired) electrons. The normalized spacial score (nSPS) is 18.0. The molecule has 0 aliphatic carbocycles. The predicted molar refractivity (Wildman–Crippen MR) is 120 cm³/mol. The number of amides is 1. The van der Waals surface area contributed by atoms with E-state index in [-0.39, 0.29) is 11.9 Å². The van der Waals surface area contributed by atoms with E-state index in [1.54, 1.807) is 0 Å². The highest BCUT2D eigenvalue weighted by atomic mass is 16.2. The zero-order valence-corrected chi connectivity index (χ0v) is 18.9. The summed E-state index contributed by atoms with van der Waals surface area (Å²) in [7, 11) is 0. The maximum atomic E-state index is 12.2. The summed E-state index contributed by atoms with van der Waals surface area (Å²) in [5, 5.41) is 0. The molecule has 1 heterocycles. The van der Waals surface area contributed by atoms with E-state index in [9.17, 15) is 9.59 Å². The van der Waals surface area contributed by atoms with Crippen LogP contribution >= 0.6 is 0 Å². The van der Waals surface area contributed by atoms with E-state index in [1.807, 2.05) is 4.90 Å². The van der Waals surface area contributed by atoms with Gasteiger partial charge >= 0.3 is 0 Å². The van der Waals surface area contributed by atoms with Gasteiger partial charge in [-0.25, -0.2) is 0 Å². The molecule has 1 rings (SSSR count). The second kappa shape index (κ2) is 17.0. The highest BCUT2D eigenvalue weighted by Crippen LogP contribution is 2.25. The molecule has 1 aliphatic rings. The lowest BCUT2D eigenvalue weighted by Crippen LogP contribution is -2.38. The van der Waals surface area contributed by atoms with Crippen LogP contribution in [0.5, 0.6) is 0 Å². The molecule has 0 N–H and O–H groups in total. The average Bonchev–Trinajstić information content (AvgIpc) is 3.05. The van der Waals surface area contributed by atoms with Crippen molar-refractivity contribution in [2.24, 2.45) is 5.92 Å². The van der Waals surface area contributed by atoms with Gasteiger partial charge in [0.1, 0.15) is 6.29 Å². The topological polar surface area (TPSA) is 37.4 Å². The van der Waals surface area contributed by atoms with Crippen molar-refractivity contribution < 1.29 is 9.59 Å². The Bertz CT molecular complexity index is 396. The van der Waals surface area contributed by atoms with E-state index >= 15 is 0 Å². The Morgan fingerprint density at radius 3 is 1.75 bits per heavy atom. The number of aldehydes is 1. The number of nitrogens with zero attached hydrogens (tertiary/aromatic N) is 1. The monoisotopic (exact) mass is 393 g/mol. The third-order valence-corrected chi connectivity index (χ3v) is 6.42. The summed E-state index contributed by atoms with van der Waals surface area (Å²) < 4.78 is 0. The van der Waals surface area contributed by atoms with Crippen LogP contribution in [0.4, 0.5) is 0 Å². The zero-order valence-electron chi connectivity index (χ0n) is 18.9. The summed E-state index contributed by atoms with van der Waals surface area (Å²) in [5.74, 6) is 0.775. The second-order valence-electron chi connectivity index (χ2n) is 8.97. The maximum Gasteiger partial charge on any atom is 0.223 e. The van der Waals surface area contributed by atoms with Crippen molar-refractivity contribution in [1.82, 2.24) is 4.90 Å². The summed E-state index contributed by atoms with van der Waals surface area (Å²) in [4.78, 5) is 25.4. The number of hydrogen-bond acceptors (Lipinski definition) is 2. The minimum absolute atomic E-state index is 0.155. The molecule has 0 bridgehead atoms. The summed E-state index contributed by atoms with van der Waals surface area (Å²) in [5.41, 5.74) is 0. The minimum atomic E-state index is -0.155. The van der Waals surface area contributed by atoms with Crippen molar-refractivity contribution in [3.8, 4) is 0 Å². The Hall–Kier alpha value is -0.860. The lowest BCUT2D eigenvalue weighted by molar-refractivity contribution is -0.131. The van der Waals surface area contributed by atoms with E-state index in [0.29, 0.717) is 12.3 Å². The molecule has 1 fully saturated rings. The molecular formula is C25H47NO2. The fraction of sp³-hybridized carbons (Fsp3) is 0.920. The first-order valence-corrected chi connectivity index (χ1v) is 12.5. The molecule has 0 aromatic rings. The van der Waals surface area contributed by atoms with Crippen LogP contribution in [-0.2, 0) is 9.59 Å². The van der Waals surface area contributed by atoms with Gasteiger partial charge in [-0.1, -0.05) is 104 Å². The zero-order chi connectivity index (χ0) is 20.5. The van der Waals surface area contributed by atoms with Gasteiger partial charge in [0.15, 0.2) is 0 Å². The molecule has 1 saturated heterocycles. The highest BCUT2D eigenvalue weighted by Gasteiger charge is 2.31. The molecular weight excluding hydrogens is 346 g/mol. The SMILES string of the molecule is CCCCCCCCCCC(CCCCCCCC)CN1C(=O)CCC1C=O. The maximum absolute atomic E-state index is 12.2. The average molecular weight is 394 g/mol. The Morgan fingerprint density at radius 1 is 0.821 bits per heavy atom. The summed E-state index contributed by atoms with van der Waals surface area (Å²) in [6.07, 6.45) is 23.5. The van der Waals surface area contributed by atoms with E-state index < -0.39 is 0 Å². The van der Waals surface area contributed by atoms with Crippen LogP contribution in [0.25, 0.3) is 0 Å². The molecule has 0 saturated carbocycles. The Kier molecular flexibility index (Phi) is 15.3. The quantitative estimate of drug-likeness (QED) is 0.174. The first kappa shape index (κ1) is 25.2. The van der Waals surface area contributed by atoms with Crippen LogP contribution in [0.3, 0.4) is 0 Å². The molecule has 1 amide bonds. The highest BCUT2D eigenvalue weighted by molar-refractivity contribution is 5.83. The first-order chi connectivity index (χ1) is 13.7. The Balaban J connectivity index is 2.31. The van der Waals surface area contributed by atoms with Crippen molar-refractivity contribution in [2.45, 2.75) is 135 Å². The van der Waals surface area contributed by atoms with E-state index in [1.165, 1.54) is 103 Å². The minimum Gasteiger partial charge on any atom is -0.333 e. The first-order valence-electron chi connectivity index (χ1n) is 12.5. The van der Waals surface area contributed by atoms with Crippen LogP contribution in [0.1, 0.15) is 129 Å². The standard InChI is InChI=1S/C25H47NO2/c1-3-5-7-9-11-12-14-16-18-23(17-15-13-10-8-6-4-2)21-26-24(22-27)19-20-25(26)28/h22-24H,3-21H2,1-2H3. The van der Waals surface area contributed by atoms with Crippen LogP contribution in [0.2, 0.25) is 0 Å². The van der Waals surface area contributed by atoms with Crippen molar-refractivity contribution in [1.29, 1.82) is 0 Å². The summed E-state index contributed by atoms with van der Waals surface area (Å²) in [6.45, 7) is 5.34. The molecule has 2 unspecified atom stereocenters. The van der Waals surface area contributed by atoms with Gasteiger partial charge < -0.3 is 9.69 Å². The number of carbonyl (C=O) groups excluding carboxylic acids is 2. The van der Waals surface area contributed by atoms with Crippen LogP contribution in [0, 0.1) is 5.92 Å². The smallest absolute Gasteiger partial charge is 0.223 e. The summed E-state index contributed by atoms with van der Waals surface area (Å²) in [6, 6.07) is -0.155. The fourth-order valence-corrected chi connectivity index (χ4v) is 4.52. The van der Waals surface area contributed by atoms with E-state index in [2.05, 4.69) is 13.8 Å². The molecule has 2 atom stereocenters. The molecule has 0 aromatic carbocycles. The molecule has 0 aromatic heterocycles. The van der Waals surface area contributed by atoms with Gasteiger partial charge in [-0.15, -0.1) is 0 Å². The third kappa shape index (κ3) is 11.2. The molecule has 28 heavy (non-hydrogen) atoms. The molecule has 1 aliphatic heterocycles. The fourth-order valence-electron chi connectivity index (χ4n) is 4.52. The van der Waals surface area contributed by atoms with Gasteiger partial charge in [-0.05, 0) is 25.2 Å². The lowest BCUT2D eigenvalue weighted by Gasteiger charge is -2.27. The third-order valence-electron chi connectivity index (χ3n) is 6.42. The van der Waals surface area contributed by atoms with Gasteiger partial charge in [0.05, 0.1) is 6.04 Å². The number of rotatable bonds is 19. The Morgan fingerprint density at radius 2 is 1.29 bits per heavy atom. The van der Waals surface area contributed by atoms with Crippen molar-refractivity contribution >= 4 is 12.2 Å². The molecule has 164 valence electrons. The Labute approximate surface area is 175 Å². The van der Waals surface area contributed by atoms with Crippen LogP contribution in [0.15, 0.2) is 0 Å². The lowest BCUT2D eigenvalue weighted by atomic mass is 9.93. The number of carbonyl (C=O) groups is 2. The predicted octanol–water partition coefficient (Wildman–Crippen LogP) is 7.07. The van der Waals surface area contributed by atoms with Crippen LogP contribution < -0.4 is 0 Å². The van der Waals surface area contributed by atoms with Gasteiger partial charge in [0.25, 0.3) is 0 Å².